The third kappa shape index (κ3) is 3.91. The predicted molar refractivity (Wildman–Crippen MR) is 67.8 cm³/mol. The van der Waals surface area contributed by atoms with E-state index in [-0.39, 0.29) is 6.04 Å². The molecule has 0 saturated carbocycles. The summed E-state index contributed by atoms with van der Waals surface area (Å²) in [4.78, 5) is 0. The molecule has 0 aromatic heterocycles. The van der Waals surface area contributed by atoms with Gasteiger partial charge in [0.05, 0.1) is 13.7 Å². The van der Waals surface area contributed by atoms with Gasteiger partial charge in [-0.3, -0.25) is 0 Å². The molecule has 0 spiro atoms. The highest BCUT2D eigenvalue weighted by Gasteiger charge is 2.11. The van der Waals surface area contributed by atoms with Gasteiger partial charge in [0.2, 0.25) is 0 Å². The van der Waals surface area contributed by atoms with E-state index in [1.54, 1.807) is 14.2 Å². The number of hydrogen-bond donors (Lipinski definition) is 1. The summed E-state index contributed by atoms with van der Waals surface area (Å²) in [7, 11) is 5.23. The van der Waals surface area contributed by atoms with Crippen molar-refractivity contribution in [3.8, 4) is 11.5 Å². The van der Waals surface area contributed by atoms with E-state index >= 15 is 0 Å². The minimum atomic E-state index is 0.235. The number of ether oxygens (including phenoxy) is 3. The van der Waals surface area contributed by atoms with Crippen molar-refractivity contribution in [1.82, 2.24) is 5.32 Å². The highest BCUT2D eigenvalue weighted by atomic mass is 16.5. The molecular formula is C13H21NO3. The summed E-state index contributed by atoms with van der Waals surface area (Å²) in [5.41, 5.74) is 1.12. The summed E-state index contributed by atoms with van der Waals surface area (Å²) < 4.78 is 15.9. The van der Waals surface area contributed by atoms with Gasteiger partial charge in [-0.2, -0.15) is 0 Å². The summed E-state index contributed by atoms with van der Waals surface area (Å²) in [6.45, 7) is 3.20. The summed E-state index contributed by atoms with van der Waals surface area (Å²) in [5, 5.41) is 3.20. The molecule has 0 fully saturated rings. The van der Waals surface area contributed by atoms with Crippen molar-refractivity contribution in [1.29, 1.82) is 0 Å². The van der Waals surface area contributed by atoms with Gasteiger partial charge < -0.3 is 19.5 Å². The lowest BCUT2D eigenvalue weighted by atomic mass is 10.1. The Labute approximate surface area is 103 Å². The van der Waals surface area contributed by atoms with E-state index in [9.17, 15) is 0 Å². The molecule has 1 aromatic rings. The van der Waals surface area contributed by atoms with Gasteiger partial charge in [-0.1, -0.05) is 6.07 Å². The predicted octanol–water partition coefficient (Wildman–Crippen LogP) is 2.00. The maximum absolute atomic E-state index is 5.70. The fourth-order valence-corrected chi connectivity index (χ4v) is 1.51. The van der Waals surface area contributed by atoms with Gasteiger partial charge in [-0.05, 0) is 20.0 Å². The van der Waals surface area contributed by atoms with Crippen LogP contribution in [0.4, 0.5) is 0 Å². The molecule has 4 heteroatoms. The average Bonchev–Trinajstić information content (AvgIpc) is 2.38. The summed E-state index contributed by atoms with van der Waals surface area (Å²) >= 11 is 0. The molecule has 1 N–H and O–H groups in total. The van der Waals surface area contributed by atoms with E-state index < -0.39 is 0 Å². The minimum Gasteiger partial charge on any atom is -0.497 e. The van der Waals surface area contributed by atoms with Gasteiger partial charge in [0, 0.05) is 24.8 Å². The Morgan fingerprint density at radius 2 is 2.00 bits per heavy atom. The quantitative estimate of drug-likeness (QED) is 0.739. The van der Waals surface area contributed by atoms with Crippen molar-refractivity contribution in [3.63, 3.8) is 0 Å². The van der Waals surface area contributed by atoms with Crippen LogP contribution in [0.15, 0.2) is 18.2 Å². The maximum Gasteiger partial charge on any atom is 0.127 e. The fourth-order valence-electron chi connectivity index (χ4n) is 1.51. The topological polar surface area (TPSA) is 39.7 Å². The van der Waals surface area contributed by atoms with Crippen LogP contribution < -0.4 is 14.8 Å². The van der Waals surface area contributed by atoms with E-state index in [0.717, 1.165) is 17.1 Å². The van der Waals surface area contributed by atoms with Crippen molar-refractivity contribution in [3.05, 3.63) is 23.8 Å². The maximum atomic E-state index is 5.70. The number of rotatable bonds is 7. The highest BCUT2D eigenvalue weighted by Crippen LogP contribution is 2.29. The Morgan fingerprint density at radius 1 is 1.24 bits per heavy atom. The summed E-state index contributed by atoms with van der Waals surface area (Å²) in [5.74, 6) is 1.63. The summed E-state index contributed by atoms with van der Waals surface area (Å²) in [6, 6.07) is 6.09. The number of nitrogens with one attached hydrogen (secondary N) is 1. The van der Waals surface area contributed by atoms with Crippen LogP contribution in [-0.4, -0.2) is 34.5 Å². The third-order valence-electron chi connectivity index (χ3n) is 2.67. The number of benzene rings is 1. The van der Waals surface area contributed by atoms with Crippen LogP contribution in [0.25, 0.3) is 0 Å². The molecule has 0 aliphatic carbocycles. The van der Waals surface area contributed by atoms with Gasteiger partial charge in [-0.25, -0.2) is 0 Å². The molecule has 1 rings (SSSR count). The third-order valence-corrected chi connectivity index (χ3v) is 2.67. The molecule has 0 bridgehead atoms. The van der Waals surface area contributed by atoms with Gasteiger partial charge in [-0.15, -0.1) is 0 Å². The number of methoxy groups -OCH3 is 2. The van der Waals surface area contributed by atoms with Crippen LogP contribution in [0, 0.1) is 0 Å². The highest BCUT2D eigenvalue weighted by molar-refractivity contribution is 5.42. The average molecular weight is 239 g/mol. The molecule has 0 amide bonds. The first-order chi connectivity index (χ1) is 8.22. The Morgan fingerprint density at radius 3 is 2.59 bits per heavy atom. The molecule has 1 unspecified atom stereocenters. The first-order valence-corrected chi connectivity index (χ1v) is 5.69. The van der Waals surface area contributed by atoms with Gasteiger partial charge >= 0.3 is 0 Å². The molecule has 0 aliphatic heterocycles. The lowest BCUT2D eigenvalue weighted by Gasteiger charge is -2.17. The molecule has 1 aromatic carbocycles. The molecule has 1 atom stereocenters. The van der Waals surface area contributed by atoms with Gasteiger partial charge in [0.25, 0.3) is 0 Å². The van der Waals surface area contributed by atoms with Gasteiger partial charge in [0.1, 0.15) is 18.1 Å². The van der Waals surface area contributed by atoms with Crippen molar-refractivity contribution < 1.29 is 14.2 Å². The number of hydrogen-bond acceptors (Lipinski definition) is 4. The SMILES string of the molecule is CNC(C)c1ccc(OC)cc1OCCOC. The fraction of sp³-hybridized carbons (Fsp3) is 0.538. The van der Waals surface area contributed by atoms with Crippen molar-refractivity contribution in [2.24, 2.45) is 0 Å². The van der Waals surface area contributed by atoms with Crippen LogP contribution in [0.5, 0.6) is 11.5 Å². The molecule has 4 nitrogen and oxygen atoms in total. The Kier molecular flexibility index (Phi) is 5.80. The Bertz CT molecular complexity index is 341. The van der Waals surface area contributed by atoms with E-state index in [2.05, 4.69) is 12.2 Å². The van der Waals surface area contributed by atoms with Crippen LogP contribution in [0.2, 0.25) is 0 Å². The molecule has 96 valence electrons. The van der Waals surface area contributed by atoms with Gasteiger partial charge in [0.15, 0.2) is 0 Å². The zero-order chi connectivity index (χ0) is 12.7. The molecule has 0 heterocycles. The summed E-state index contributed by atoms with van der Waals surface area (Å²) in [6.07, 6.45) is 0. The van der Waals surface area contributed by atoms with E-state index in [1.807, 2.05) is 25.2 Å². The standard InChI is InChI=1S/C13H21NO3/c1-10(14-2)12-6-5-11(16-4)9-13(12)17-8-7-15-3/h5-6,9-10,14H,7-8H2,1-4H3. The van der Waals surface area contributed by atoms with Crippen LogP contribution >= 0.6 is 0 Å². The van der Waals surface area contributed by atoms with Crippen LogP contribution in [0.1, 0.15) is 18.5 Å². The van der Waals surface area contributed by atoms with E-state index in [4.69, 9.17) is 14.2 Å². The van der Waals surface area contributed by atoms with Crippen molar-refractivity contribution >= 4 is 0 Å². The van der Waals surface area contributed by atoms with E-state index in [1.165, 1.54) is 0 Å². The second-order valence-electron chi connectivity index (χ2n) is 3.76. The van der Waals surface area contributed by atoms with E-state index in [0.29, 0.717) is 13.2 Å². The molecule has 0 radical (unpaired) electrons. The lowest BCUT2D eigenvalue weighted by molar-refractivity contribution is 0.145. The lowest BCUT2D eigenvalue weighted by Crippen LogP contribution is -2.15. The molecular weight excluding hydrogens is 218 g/mol. The molecule has 0 aliphatic rings. The second-order valence-corrected chi connectivity index (χ2v) is 3.76. The van der Waals surface area contributed by atoms with Crippen molar-refractivity contribution in [2.45, 2.75) is 13.0 Å². The Balaban J connectivity index is 2.86. The molecule has 0 saturated heterocycles. The molecule has 17 heavy (non-hydrogen) atoms. The smallest absolute Gasteiger partial charge is 0.127 e. The van der Waals surface area contributed by atoms with Crippen LogP contribution in [0.3, 0.4) is 0 Å². The normalized spacial score (nSPS) is 12.2. The van der Waals surface area contributed by atoms with Crippen molar-refractivity contribution in [2.75, 3.05) is 34.5 Å². The first-order valence-electron chi connectivity index (χ1n) is 5.69. The second kappa shape index (κ2) is 7.14. The largest absolute Gasteiger partial charge is 0.497 e. The first kappa shape index (κ1) is 13.8. The monoisotopic (exact) mass is 239 g/mol. The zero-order valence-electron chi connectivity index (χ0n) is 10.9. The minimum absolute atomic E-state index is 0.235. The Hall–Kier alpha value is -1.26. The zero-order valence-corrected chi connectivity index (χ0v) is 10.9. The van der Waals surface area contributed by atoms with Crippen LogP contribution in [-0.2, 0) is 4.74 Å².